The van der Waals surface area contributed by atoms with Crippen LogP contribution in [-0.4, -0.2) is 37.0 Å². The summed E-state index contributed by atoms with van der Waals surface area (Å²) >= 11 is 0. The molecule has 60 valence electrons. The molecular formula is C7H16NOP. The summed E-state index contributed by atoms with van der Waals surface area (Å²) < 4.78 is 5.63. The highest BCUT2D eigenvalue weighted by Crippen LogP contribution is 2.15. The van der Waals surface area contributed by atoms with Gasteiger partial charge < -0.3 is 9.64 Å². The topological polar surface area (TPSA) is 12.5 Å². The van der Waals surface area contributed by atoms with Gasteiger partial charge in [-0.2, -0.15) is 0 Å². The lowest BCUT2D eigenvalue weighted by Gasteiger charge is -2.33. The summed E-state index contributed by atoms with van der Waals surface area (Å²) in [6.45, 7) is 4.30. The van der Waals surface area contributed by atoms with Crippen molar-refractivity contribution in [1.29, 1.82) is 0 Å². The van der Waals surface area contributed by atoms with Crippen molar-refractivity contribution in [2.45, 2.75) is 25.3 Å². The molecule has 0 aliphatic carbocycles. The Morgan fingerprint density at radius 2 is 2.30 bits per heavy atom. The lowest BCUT2D eigenvalue weighted by atomic mass is 10.2. The van der Waals surface area contributed by atoms with Gasteiger partial charge >= 0.3 is 0 Å². The lowest BCUT2D eigenvalue weighted by molar-refractivity contribution is -0.0389. The standard InChI is InChI=1S/C7H16NOP/c1-3-6-4-8(2)5-7(10)9-6/h6-7H,3-5,10H2,1-2H3. The molecule has 0 aromatic rings. The third-order valence-corrected chi connectivity index (χ3v) is 2.20. The van der Waals surface area contributed by atoms with Crippen LogP contribution in [0.2, 0.25) is 0 Å². The molecule has 3 unspecified atom stereocenters. The molecule has 1 heterocycles. The molecule has 0 saturated carbocycles. The molecule has 0 radical (unpaired) electrons. The molecule has 1 fully saturated rings. The number of rotatable bonds is 1. The normalized spacial score (nSPS) is 36.3. The minimum Gasteiger partial charge on any atom is -0.368 e. The molecule has 10 heavy (non-hydrogen) atoms. The van der Waals surface area contributed by atoms with Crippen molar-refractivity contribution in [3.8, 4) is 0 Å². The van der Waals surface area contributed by atoms with Crippen LogP contribution in [0.15, 0.2) is 0 Å². The first-order valence-electron chi connectivity index (χ1n) is 3.82. The van der Waals surface area contributed by atoms with Crippen LogP contribution >= 0.6 is 9.24 Å². The quantitative estimate of drug-likeness (QED) is 0.530. The molecule has 0 spiro atoms. The Labute approximate surface area is 65.1 Å². The lowest BCUT2D eigenvalue weighted by Crippen LogP contribution is -2.42. The molecule has 1 rings (SSSR count). The summed E-state index contributed by atoms with van der Waals surface area (Å²) in [4.78, 5) is 2.31. The van der Waals surface area contributed by atoms with E-state index in [-0.39, 0.29) is 0 Å². The molecular weight excluding hydrogens is 145 g/mol. The van der Waals surface area contributed by atoms with E-state index in [1.165, 1.54) is 0 Å². The van der Waals surface area contributed by atoms with Crippen LogP contribution in [0.1, 0.15) is 13.3 Å². The largest absolute Gasteiger partial charge is 0.368 e. The van der Waals surface area contributed by atoms with E-state index in [1.807, 2.05) is 0 Å². The van der Waals surface area contributed by atoms with Gasteiger partial charge in [-0.05, 0) is 13.5 Å². The molecule has 0 N–H and O–H groups in total. The molecule has 3 atom stereocenters. The Bertz CT molecular complexity index is 99.8. The molecule has 1 saturated heterocycles. The van der Waals surface area contributed by atoms with Crippen LogP contribution in [0.5, 0.6) is 0 Å². The van der Waals surface area contributed by atoms with E-state index in [0.29, 0.717) is 11.9 Å². The molecule has 1 aliphatic rings. The van der Waals surface area contributed by atoms with Crippen LogP contribution in [0.3, 0.4) is 0 Å². The fourth-order valence-electron chi connectivity index (χ4n) is 1.29. The minimum absolute atomic E-state index is 0.337. The first-order chi connectivity index (χ1) is 4.72. The predicted octanol–water partition coefficient (Wildman–Crippen LogP) is 0.928. The summed E-state index contributed by atoms with van der Waals surface area (Å²) in [5.74, 6) is 0.337. The SMILES string of the molecule is CCC1CN(C)CC(P)O1. The number of morpholine rings is 1. The predicted molar refractivity (Wildman–Crippen MR) is 46.2 cm³/mol. The Morgan fingerprint density at radius 3 is 2.80 bits per heavy atom. The summed E-state index contributed by atoms with van der Waals surface area (Å²) in [6.07, 6.45) is 1.57. The maximum absolute atomic E-state index is 5.63. The van der Waals surface area contributed by atoms with Crippen LogP contribution in [0.4, 0.5) is 0 Å². The molecule has 2 nitrogen and oxygen atoms in total. The van der Waals surface area contributed by atoms with Gasteiger partial charge in [0.15, 0.2) is 0 Å². The van der Waals surface area contributed by atoms with Gasteiger partial charge in [0.2, 0.25) is 0 Å². The van der Waals surface area contributed by atoms with Gasteiger partial charge in [-0.25, -0.2) is 0 Å². The van der Waals surface area contributed by atoms with E-state index >= 15 is 0 Å². The van der Waals surface area contributed by atoms with Crippen LogP contribution in [0, 0.1) is 0 Å². The number of nitrogens with zero attached hydrogens (tertiary/aromatic N) is 1. The summed E-state index contributed by atoms with van der Waals surface area (Å²) in [5, 5.41) is 0. The highest BCUT2D eigenvalue weighted by atomic mass is 31.0. The van der Waals surface area contributed by atoms with Crippen molar-refractivity contribution >= 4 is 9.24 Å². The van der Waals surface area contributed by atoms with Crippen LogP contribution < -0.4 is 0 Å². The van der Waals surface area contributed by atoms with Crippen LogP contribution in [-0.2, 0) is 4.74 Å². The fourth-order valence-corrected chi connectivity index (χ4v) is 1.87. The van der Waals surface area contributed by atoms with Crippen molar-refractivity contribution in [3.05, 3.63) is 0 Å². The van der Waals surface area contributed by atoms with E-state index in [2.05, 4.69) is 28.1 Å². The van der Waals surface area contributed by atoms with Gasteiger partial charge in [0.1, 0.15) is 0 Å². The maximum atomic E-state index is 5.63. The third kappa shape index (κ3) is 2.19. The summed E-state index contributed by atoms with van der Waals surface area (Å²) in [5.41, 5.74) is 0. The van der Waals surface area contributed by atoms with Gasteiger partial charge in [0.05, 0.1) is 11.9 Å². The van der Waals surface area contributed by atoms with Gasteiger partial charge in [0.25, 0.3) is 0 Å². The highest BCUT2D eigenvalue weighted by Gasteiger charge is 2.20. The monoisotopic (exact) mass is 161 g/mol. The maximum Gasteiger partial charge on any atom is 0.0838 e. The Morgan fingerprint density at radius 1 is 1.60 bits per heavy atom. The van der Waals surface area contributed by atoms with E-state index in [4.69, 9.17) is 4.74 Å². The molecule has 0 aromatic carbocycles. The molecule has 0 aromatic heterocycles. The van der Waals surface area contributed by atoms with Gasteiger partial charge in [-0.1, -0.05) is 6.92 Å². The van der Waals surface area contributed by atoms with Crippen molar-refractivity contribution in [3.63, 3.8) is 0 Å². The van der Waals surface area contributed by atoms with Crippen molar-refractivity contribution in [2.24, 2.45) is 0 Å². The first kappa shape index (κ1) is 8.45. The minimum atomic E-state index is 0.337. The Hall–Kier alpha value is 0.350. The second kappa shape index (κ2) is 3.66. The second-order valence-corrected chi connectivity index (χ2v) is 3.67. The molecule has 0 bridgehead atoms. The van der Waals surface area contributed by atoms with Crippen LogP contribution in [0.25, 0.3) is 0 Å². The summed E-state index contributed by atoms with van der Waals surface area (Å²) in [6, 6.07) is 0. The number of hydrogen-bond donors (Lipinski definition) is 0. The Balaban J connectivity index is 2.35. The fraction of sp³-hybridized carbons (Fsp3) is 1.00. The second-order valence-electron chi connectivity index (χ2n) is 2.93. The number of hydrogen-bond acceptors (Lipinski definition) is 2. The number of likely N-dealkylation sites (N-methyl/N-ethyl adjacent to an activating group) is 1. The van der Waals surface area contributed by atoms with E-state index in [1.54, 1.807) is 0 Å². The molecule has 1 aliphatic heterocycles. The van der Waals surface area contributed by atoms with E-state index < -0.39 is 0 Å². The van der Waals surface area contributed by atoms with Crippen molar-refractivity contribution < 1.29 is 4.74 Å². The molecule has 0 amide bonds. The van der Waals surface area contributed by atoms with Gasteiger partial charge in [-0.15, -0.1) is 9.24 Å². The first-order valence-corrected chi connectivity index (χ1v) is 4.48. The average molecular weight is 161 g/mol. The van der Waals surface area contributed by atoms with Crippen molar-refractivity contribution in [2.75, 3.05) is 20.1 Å². The zero-order chi connectivity index (χ0) is 7.56. The third-order valence-electron chi connectivity index (χ3n) is 1.83. The Kier molecular flexibility index (Phi) is 3.09. The highest BCUT2D eigenvalue weighted by molar-refractivity contribution is 7.17. The van der Waals surface area contributed by atoms with Crippen molar-refractivity contribution in [1.82, 2.24) is 4.90 Å². The summed E-state index contributed by atoms with van der Waals surface area (Å²) in [7, 11) is 4.86. The van der Waals surface area contributed by atoms with Gasteiger partial charge in [-0.3, -0.25) is 0 Å². The average Bonchev–Trinajstić information content (AvgIpc) is 1.85. The molecule has 3 heteroatoms. The zero-order valence-electron chi connectivity index (χ0n) is 6.71. The van der Waals surface area contributed by atoms with E-state index in [0.717, 1.165) is 19.5 Å². The van der Waals surface area contributed by atoms with E-state index in [9.17, 15) is 0 Å². The smallest absolute Gasteiger partial charge is 0.0838 e. The van der Waals surface area contributed by atoms with Gasteiger partial charge in [0, 0.05) is 13.1 Å². The number of ether oxygens (including phenoxy) is 1. The zero-order valence-corrected chi connectivity index (χ0v) is 7.86.